The minimum atomic E-state index is 0.299. The average Bonchev–Trinajstić information content (AvgIpc) is 2.95. The molecule has 38 heavy (non-hydrogen) atoms. The van der Waals surface area contributed by atoms with Crippen molar-refractivity contribution < 1.29 is 0 Å². The Morgan fingerprint density at radius 1 is 0.421 bits per heavy atom. The zero-order chi connectivity index (χ0) is 25.6. The molecule has 0 atom stereocenters. The minimum absolute atomic E-state index is 0.299. The van der Waals surface area contributed by atoms with Crippen molar-refractivity contribution >= 4 is 79.8 Å². The Bertz CT molecular complexity index is 1410. The molecule has 0 unspecified atom stereocenters. The van der Waals surface area contributed by atoms with E-state index in [1.165, 1.54) is 117 Å². The molecule has 0 saturated heterocycles. The number of fused-ring (bicyclic) bond motifs is 2. The summed E-state index contributed by atoms with van der Waals surface area (Å²) in [6, 6.07) is 18.7. The van der Waals surface area contributed by atoms with E-state index in [0.717, 1.165) is 12.6 Å². The largest absolute Gasteiger partial charge is 0.409 e. The molecule has 0 radical (unpaired) electrons. The summed E-state index contributed by atoms with van der Waals surface area (Å²) in [6.45, 7) is 5.15. The number of unbranched alkanes of at least 4 members (excludes halogenated alkanes) is 6. The topological polar surface area (TPSA) is 48.1 Å². The fourth-order valence-corrected chi connectivity index (χ4v) is 7.03. The van der Waals surface area contributed by atoms with Gasteiger partial charge in [-0.25, -0.2) is 0 Å². The second kappa shape index (κ2) is 9.80. The summed E-state index contributed by atoms with van der Waals surface area (Å²) in [6.07, 6.45) is 12.6. The van der Waals surface area contributed by atoms with E-state index in [1.54, 1.807) is 0 Å². The molecule has 2 aliphatic heterocycles. The van der Waals surface area contributed by atoms with Crippen molar-refractivity contribution in [2.24, 2.45) is 0 Å². The molecule has 0 spiro atoms. The van der Waals surface area contributed by atoms with Crippen molar-refractivity contribution in [3.05, 3.63) is 48.5 Å². The lowest BCUT2D eigenvalue weighted by atomic mass is 9.67. The van der Waals surface area contributed by atoms with Crippen molar-refractivity contribution in [2.45, 2.75) is 77.9 Å². The van der Waals surface area contributed by atoms with Crippen LogP contribution in [0.5, 0.6) is 0 Å². The Balaban J connectivity index is 1.30. The van der Waals surface area contributed by atoms with E-state index in [0.29, 0.717) is 14.0 Å². The summed E-state index contributed by atoms with van der Waals surface area (Å²) >= 11 is 0. The van der Waals surface area contributed by atoms with Gasteiger partial charge in [0.05, 0.1) is 0 Å². The third kappa shape index (κ3) is 3.83. The lowest BCUT2D eigenvalue weighted by molar-refractivity contribution is 0.699. The highest BCUT2D eigenvalue weighted by molar-refractivity contribution is 6.69. The molecular weight excluding hydrogens is 462 g/mol. The maximum Gasteiger partial charge on any atom is 0.370 e. The Kier molecular flexibility index (Phi) is 6.14. The van der Waals surface area contributed by atoms with Gasteiger partial charge in [0.25, 0.3) is 0 Å². The maximum atomic E-state index is 3.82. The van der Waals surface area contributed by atoms with Crippen LogP contribution in [0.1, 0.15) is 65.2 Å². The second-order valence-corrected chi connectivity index (χ2v) is 11.5. The van der Waals surface area contributed by atoms with Gasteiger partial charge in [-0.1, -0.05) is 89.5 Å². The molecule has 0 aromatic heterocycles. The minimum Gasteiger partial charge on any atom is -0.409 e. The Hall–Kier alpha value is -3.27. The molecule has 7 rings (SSSR count). The molecule has 0 amide bonds. The molecular formula is C32H38B2N4. The monoisotopic (exact) mass is 500 g/mol. The first-order valence-electron chi connectivity index (χ1n) is 15.0. The predicted octanol–water partition coefficient (Wildman–Crippen LogP) is 9.55. The number of anilines is 4. The molecule has 4 N–H and O–H groups in total. The van der Waals surface area contributed by atoms with Crippen LogP contribution in [0.2, 0.25) is 12.6 Å². The first-order chi connectivity index (χ1) is 18.8. The fourth-order valence-electron chi connectivity index (χ4n) is 7.03. The van der Waals surface area contributed by atoms with Crippen LogP contribution in [0.15, 0.2) is 48.5 Å². The SMILES string of the molecule is CCCCCCB1Nc2ccc3c4ccc5c6c(ccc(c7ccc(c2c37)N1)c64)NB(CCCCCC)N5. The van der Waals surface area contributed by atoms with Gasteiger partial charge in [-0.05, 0) is 58.5 Å². The van der Waals surface area contributed by atoms with Crippen molar-refractivity contribution in [1.29, 1.82) is 0 Å². The molecule has 5 aromatic rings. The van der Waals surface area contributed by atoms with E-state index in [1.807, 2.05) is 0 Å². The van der Waals surface area contributed by atoms with Crippen LogP contribution in [0.4, 0.5) is 22.7 Å². The zero-order valence-corrected chi connectivity index (χ0v) is 22.8. The molecule has 2 aliphatic rings. The van der Waals surface area contributed by atoms with Crippen LogP contribution in [0.3, 0.4) is 0 Å². The van der Waals surface area contributed by atoms with Crippen molar-refractivity contribution in [3.8, 4) is 0 Å². The number of hydrogen-bond acceptors (Lipinski definition) is 4. The van der Waals surface area contributed by atoms with Crippen LogP contribution < -0.4 is 20.9 Å². The summed E-state index contributed by atoms with van der Waals surface area (Å²) in [5.41, 5.74) is 5.07. The first-order valence-corrected chi connectivity index (χ1v) is 15.0. The quantitative estimate of drug-likeness (QED) is 0.0668. The second-order valence-electron chi connectivity index (χ2n) is 11.5. The van der Waals surface area contributed by atoms with Crippen molar-refractivity contribution in [2.75, 3.05) is 20.9 Å². The maximum absolute atomic E-state index is 3.82. The number of rotatable bonds is 10. The van der Waals surface area contributed by atoms with Crippen LogP contribution in [0, 0.1) is 0 Å². The van der Waals surface area contributed by atoms with Crippen molar-refractivity contribution in [1.82, 2.24) is 0 Å². The van der Waals surface area contributed by atoms with E-state index in [-0.39, 0.29) is 0 Å². The standard InChI is InChI=1S/C32H38B2N4/c1-3-5-7-9-19-33-35-25-15-11-21-23-13-17-27-32-28(38-34(37-27)20-10-8-6-4-2)18-14-24(30(23)32)22-12-16-26(36-33)31(25)29(21)22/h11-18,35-38H,3-10,19-20H2,1-2H3. The summed E-state index contributed by atoms with van der Waals surface area (Å²) in [7, 11) is 0. The third-order valence-corrected chi connectivity index (χ3v) is 8.91. The highest BCUT2D eigenvalue weighted by atomic mass is 15.0. The fraction of sp³-hybridized carbons (Fsp3) is 0.375. The van der Waals surface area contributed by atoms with Gasteiger partial charge in [0.1, 0.15) is 0 Å². The highest BCUT2D eigenvalue weighted by Gasteiger charge is 2.28. The number of nitrogens with one attached hydrogen (secondary N) is 4. The lowest BCUT2D eigenvalue weighted by Gasteiger charge is -2.30. The van der Waals surface area contributed by atoms with Gasteiger partial charge < -0.3 is 20.9 Å². The molecule has 192 valence electrons. The zero-order valence-electron chi connectivity index (χ0n) is 22.8. The van der Waals surface area contributed by atoms with E-state index in [2.05, 4.69) is 83.3 Å². The third-order valence-electron chi connectivity index (χ3n) is 8.91. The summed E-state index contributed by atoms with van der Waals surface area (Å²) in [4.78, 5) is 0. The molecule has 6 heteroatoms. The number of hydrogen-bond donors (Lipinski definition) is 4. The van der Waals surface area contributed by atoms with Crippen LogP contribution >= 0.6 is 0 Å². The molecule has 5 aromatic carbocycles. The van der Waals surface area contributed by atoms with Gasteiger partial charge in [0.2, 0.25) is 0 Å². The van der Waals surface area contributed by atoms with E-state index < -0.39 is 0 Å². The van der Waals surface area contributed by atoms with E-state index >= 15 is 0 Å². The van der Waals surface area contributed by atoms with E-state index in [9.17, 15) is 0 Å². The number of benzene rings is 5. The van der Waals surface area contributed by atoms with Gasteiger partial charge in [-0.15, -0.1) is 0 Å². The van der Waals surface area contributed by atoms with Gasteiger partial charge >= 0.3 is 14.0 Å². The predicted molar refractivity (Wildman–Crippen MR) is 172 cm³/mol. The first kappa shape index (κ1) is 23.8. The normalized spacial score (nSPS) is 14.3. The van der Waals surface area contributed by atoms with Gasteiger partial charge in [0.15, 0.2) is 0 Å². The summed E-state index contributed by atoms with van der Waals surface area (Å²) in [5, 5.41) is 26.1. The summed E-state index contributed by atoms with van der Waals surface area (Å²) < 4.78 is 0. The van der Waals surface area contributed by atoms with Gasteiger partial charge in [-0.3, -0.25) is 0 Å². The molecule has 0 bridgehead atoms. The Labute approximate surface area is 226 Å². The molecule has 0 fully saturated rings. The van der Waals surface area contributed by atoms with Crippen LogP contribution in [0.25, 0.3) is 43.1 Å². The van der Waals surface area contributed by atoms with Gasteiger partial charge in [-0.2, -0.15) is 0 Å². The van der Waals surface area contributed by atoms with Crippen molar-refractivity contribution in [3.63, 3.8) is 0 Å². The Morgan fingerprint density at radius 2 is 0.763 bits per heavy atom. The molecule has 2 heterocycles. The smallest absolute Gasteiger partial charge is 0.370 e. The van der Waals surface area contributed by atoms with Crippen LogP contribution in [-0.2, 0) is 0 Å². The van der Waals surface area contributed by atoms with Crippen LogP contribution in [-0.4, -0.2) is 14.0 Å². The van der Waals surface area contributed by atoms with E-state index in [4.69, 9.17) is 0 Å². The van der Waals surface area contributed by atoms with Gasteiger partial charge in [0, 0.05) is 44.3 Å². The summed E-state index contributed by atoms with van der Waals surface area (Å²) in [5.74, 6) is 0. The lowest BCUT2D eigenvalue weighted by Crippen LogP contribution is -2.37. The Morgan fingerprint density at radius 3 is 1.08 bits per heavy atom. The molecule has 0 aliphatic carbocycles. The molecule has 4 nitrogen and oxygen atoms in total. The average molecular weight is 500 g/mol. The molecule has 0 saturated carbocycles. The highest BCUT2D eigenvalue weighted by Crippen LogP contribution is 2.49.